The molecule has 21 heavy (non-hydrogen) atoms. The Morgan fingerprint density at radius 2 is 1.81 bits per heavy atom. The highest BCUT2D eigenvalue weighted by Crippen LogP contribution is 2.38. The van der Waals surface area contributed by atoms with Crippen LogP contribution < -0.4 is 10.6 Å². The van der Waals surface area contributed by atoms with Crippen LogP contribution in [0.4, 0.5) is 4.79 Å². The monoisotopic (exact) mass is 277 g/mol. The molecule has 1 aromatic heterocycles. The number of carbonyl (C=O) groups is 2. The van der Waals surface area contributed by atoms with Gasteiger partial charge < -0.3 is 10.6 Å². The molecule has 1 atom stereocenters. The fraction of sp³-hybridized carbons (Fsp3) is 0.0625. The van der Waals surface area contributed by atoms with Crippen molar-refractivity contribution in [3.05, 3.63) is 71.1 Å². The Morgan fingerprint density at radius 1 is 1.00 bits per heavy atom. The van der Waals surface area contributed by atoms with E-state index in [-0.39, 0.29) is 11.8 Å². The van der Waals surface area contributed by atoms with E-state index in [0.717, 1.165) is 5.56 Å². The van der Waals surface area contributed by atoms with E-state index in [0.29, 0.717) is 22.5 Å². The molecule has 0 radical (unpaired) electrons. The first kappa shape index (κ1) is 11.8. The van der Waals surface area contributed by atoms with Crippen molar-refractivity contribution in [3.8, 4) is 0 Å². The van der Waals surface area contributed by atoms with Gasteiger partial charge in [-0.05, 0) is 17.7 Å². The molecule has 5 heteroatoms. The molecule has 2 amide bonds. The summed E-state index contributed by atoms with van der Waals surface area (Å²) >= 11 is 0. The average molecular weight is 277 g/mol. The van der Waals surface area contributed by atoms with Crippen molar-refractivity contribution in [1.82, 2.24) is 15.6 Å². The molecule has 1 aromatic carbocycles. The highest BCUT2D eigenvalue weighted by Gasteiger charge is 2.40. The van der Waals surface area contributed by atoms with Crippen molar-refractivity contribution in [2.45, 2.75) is 6.04 Å². The summed E-state index contributed by atoms with van der Waals surface area (Å²) in [7, 11) is 0. The number of aromatic nitrogens is 1. The first-order chi connectivity index (χ1) is 10.3. The number of amides is 2. The zero-order valence-electron chi connectivity index (χ0n) is 11.0. The maximum Gasteiger partial charge on any atom is 0.320 e. The molecular weight excluding hydrogens is 266 g/mol. The Hall–Kier alpha value is -2.95. The Balaban J connectivity index is 1.91. The second-order valence-corrected chi connectivity index (χ2v) is 4.96. The van der Waals surface area contributed by atoms with Crippen molar-refractivity contribution >= 4 is 17.5 Å². The van der Waals surface area contributed by atoms with E-state index in [1.807, 2.05) is 30.3 Å². The van der Waals surface area contributed by atoms with Crippen LogP contribution in [0.1, 0.15) is 27.7 Å². The van der Waals surface area contributed by atoms with Gasteiger partial charge in [0.2, 0.25) is 0 Å². The minimum Gasteiger partial charge on any atom is -0.327 e. The average Bonchev–Trinajstić information content (AvgIpc) is 2.81. The molecule has 1 aliphatic heterocycles. The number of fused-ring (bicyclic) bond motifs is 2. The lowest BCUT2D eigenvalue weighted by Gasteiger charge is -2.26. The second kappa shape index (κ2) is 4.28. The second-order valence-electron chi connectivity index (χ2n) is 4.96. The third kappa shape index (κ3) is 1.67. The molecule has 102 valence electrons. The Bertz CT molecular complexity index is 796. The number of hydrogen-bond donors (Lipinski definition) is 2. The zero-order valence-corrected chi connectivity index (χ0v) is 11.0. The van der Waals surface area contributed by atoms with Crippen LogP contribution in [-0.4, -0.2) is 16.8 Å². The SMILES string of the molecule is O=C1NC2=C(C(=O)c3cccnc32)C(c2ccccc2)N1. The summed E-state index contributed by atoms with van der Waals surface area (Å²) < 4.78 is 0. The summed E-state index contributed by atoms with van der Waals surface area (Å²) in [6, 6.07) is 12.1. The maximum absolute atomic E-state index is 12.6. The van der Waals surface area contributed by atoms with Gasteiger partial charge in [0.1, 0.15) is 0 Å². The lowest BCUT2D eigenvalue weighted by Crippen LogP contribution is -2.43. The number of urea groups is 1. The predicted octanol–water partition coefficient (Wildman–Crippen LogP) is 2.04. The highest BCUT2D eigenvalue weighted by atomic mass is 16.2. The van der Waals surface area contributed by atoms with Gasteiger partial charge in [0, 0.05) is 6.20 Å². The summed E-state index contributed by atoms with van der Waals surface area (Å²) in [6.07, 6.45) is 1.62. The van der Waals surface area contributed by atoms with Gasteiger partial charge in [-0.1, -0.05) is 30.3 Å². The number of hydrogen-bond acceptors (Lipinski definition) is 3. The van der Waals surface area contributed by atoms with Crippen molar-refractivity contribution in [2.24, 2.45) is 0 Å². The fourth-order valence-electron chi connectivity index (χ4n) is 2.82. The Labute approximate surface area is 120 Å². The number of Topliss-reactive ketones (excluding diaryl/α,β-unsaturated/α-hetero) is 1. The van der Waals surface area contributed by atoms with Crippen LogP contribution in [0, 0.1) is 0 Å². The van der Waals surface area contributed by atoms with Crippen LogP contribution in [0.15, 0.2) is 54.2 Å². The normalized spacial score (nSPS) is 19.7. The van der Waals surface area contributed by atoms with Gasteiger partial charge in [0.15, 0.2) is 5.78 Å². The quantitative estimate of drug-likeness (QED) is 0.838. The van der Waals surface area contributed by atoms with Crippen LogP contribution >= 0.6 is 0 Å². The summed E-state index contributed by atoms with van der Waals surface area (Å²) in [5, 5.41) is 5.52. The smallest absolute Gasteiger partial charge is 0.320 e. The molecule has 5 nitrogen and oxygen atoms in total. The molecule has 2 aromatic rings. The molecule has 0 saturated carbocycles. The third-order valence-corrected chi connectivity index (χ3v) is 3.74. The van der Waals surface area contributed by atoms with Gasteiger partial charge in [-0.15, -0.1) is 0 Å². The van der Waals surface area contributed by atoms with Gasteiger partial charge in [-0.3, -0.25) is 9.78 Å². The molecule has 0 spiro atoms. The zero-order chi connectivity index (χ0) is 14.4. The summed E-state index contributed by atoms with van der Waals surface area (Å²) in [6.45, 7) is 0. The fourth-order valence-corrected chi connectivity index (χ4v) is 2.82. The first-order valence-corrected chi connectivity index (χ1v) is 6.62. The molecule has 2 heterocycles. The lowest BCUT2D eigenvalue weighted by molar-refractivity contribution is 0.103. The molecule has 0 bridgehead atoms. The molecule has 1 unspecified atom stereocenters. The predicted molar refractivity (Wildman–Crippen MR) is 76.3 cm³/mol. The van der Waals surface area contributed by atoms with Gasteiger partial charge >= 0.3 is 6.03 Å². The van der Waals surface area contributed by atoms with Crippen molar-refractivity contribution < 1.29 is 9.59 Å². The van der Waals surface area contributed by atoms with Crippen LogP contribution in [0.3, 0.4) is 0 Å². The lowest BCUT2D eigenvalue weighted by atomic mass is 9.94. The van der Waals surface area contributed by atoms with Gasteiger partial charge in [0.05, 0.1) is 28.6 Å². The number of pyridine rings is 1. The highest BCUT2D eigenvalue weighted by molar-refractivity contribution is 6.22. The molecule has 1 aliphatic carbocycles. The molecule has 0 saturated heterocycles. The minimum atomic E-state index is -0.448. The Morgan fingerprint density at radius 3 is 2.62 bits per heavy atom. The summed E-state index contributed by atoms with van der Waals surface area (Å²) in [5.41, 5.74) is 3.03. The number of nitrogens with zero attached hydrogens (tertiary/aromatic N) is 1. The van der Waals surface area contributed by atoms with Crippen molar-refractivity contribution in [2.75, 3.05) is 0 Å². The van der Waals surface area contributed by atoms with Crippen molar-refractivity contribution in [1.29, 1.82) is 0 Å². The molecule has 2 N–H and O–H groups in total. The van der Waals surface area contributed by atoms with E-state index >= 15 is 0 Å². The van der Waals surface area contributed by atoms with Gasteiger partial charge in [0.25, 0.3) is 0 Å². The third-order valence-electron chi connectivity index (χ3n) is 3.74. The van der Waals surface area contributed by atoms with Crippen LogP contribution in [0.2, 0.25) is 0 Å². The van der Waals surface area contributed by atoms with E-state index in [1.54, 1.807) is 18.3 Å². The van der Waals surface area contributed by atoms with E-state index in [1.165, 1.54) is 0 Å². The molecule has 4 rings (SSSR count). The number of benzene rings is 1. The summed E-state index contributed by atoms with van der Waals surface area (Å²) in [5.74, 6) is -0.0885. The summed E-state index contributed by atoms with van der Waals surface area (Å²) in [4.78, 5) is 28.8. The van der Waals surface area contributed by atoms with E-state index < -0.39 is 6.04 Å². The molecule has 0 fully saturated rings. The molecular formula is C16H11N3O2. The maximum atomic E-state index is 12.6. The number of rotatable bonds is 1. The van der Waals surface area contributed by atoms with Crippen LogP contribution in [0.25, 0.3) is 5.70 Å². The van der Waals surface area contributed by atoms with Crippen LogP contribution in [0.5, 0.6) is 0 Å². The van der Waals surface area contributed by atoms with E-state index in [4.69, 9.17) is 0 Å². The Kier molecular flexibility index (Phi) is 2.41. The minimum absolute atomic E-state index is 0.0885. The number of carbonyl (C=O) groups excluding carboxylic acids is 2. The van der Waals surface area contributed by atoms with E-state index in [9.17, 15) is 9.59 Å². The largest absolute Gasteiger partial charge is 0.327 e. The van der Waals surface area contributed by atoms with Crippen molar-refractivity contribution in [3.63, 3.8) is 0 Å². The van der Waals surface area contributed by atoms with Crippen LogP contribution in [-0.2, 0) is 0 Å². The number of ketones is 1. The first-order valence-electron chi connectivity index (χ1n) is 6.62. The van der Waals surface area contributed by atoms with E-state index in [2.05, 4.69) is 15.6 Å². The topological polar surface area (TPSA) is 71.1 Å². The standard InChI is InChI=1S/C16H11N3O2/c20-15-10-7-4-8-17-13(10)14-11(15)12(18-16(21)19-14)9-5-2-1-3-6-9/h1-8,12H,(H2,18,19,21). The van der Waals surface area contributed by atoms with Gasteiger partial charge in [-0.2, -0.15) is 0 Å². The van der Waals surface area contributed by atoms with Gasteiger partial charge in [-0.25, -0.2) is 4.79 Å². The number of nitrogens with one attached hydrogen (secondary N) is 2. The molecule has 2 aliphatic rings.